The van der Waals surface area contributed by atoms with Crippen LogP contribution in [0.5, 0.6) is 0 Å². The van der Waals surface area contributed by atoms with Crippen LogP contribution in [-0.4, -0.2) is 4.98 Å². The third-order valence-corrected chi connectivity index (χ3v) is 3.07. The zero-order valence-electron chi connectivity index (χ0n) is 9.27. The molecule has 0 amide bonds. The Morgan fingerprint density at radius 3 is 2.56 bits per heavy atom. The minimum Gasteiger partial charge on any atom is -0.397 e. The lowest BCUT2D eigenvalue weighted by Gasteiger charge is -2.11. The number of rotatable bonds is 2. The van der Waals surface area contributed by atoms with Gasteiger partial charge in [0.2, 0.25) is 0 Å². The molecule has 5 heteroatoms. The van der Waals surface area contributed by atoms with Gasteiger partial charge in [-0.15, -0.1) is 0 Å². The van der Waals surface area contributed by atoms with Crippen molar-refractivity contribution in [2.45, 2.75) is 5.92 Å². The maximum Gasteiger partial charge on any atom is 0.115 e. The van der Waals surface area contributed by atoms with Crippen LogP contribution in [0.2, 0.25) is 10.0 Å². The van der Waals surface area contributed by atoms with E-state index < -0.39 is 5.92 Å². The molecule has 0 aliphatic heterocycles. The molecule has 0 fully saturated rings. The summed E-state index contributed by atoms with van der Waals surface area (Å²) < 4.78 is 0. The fraction of sp³-hybridized carbons (Fsp3) is 0.0769. The van der Waals surface area contributed by atoms with Crippen molar-refractivity contribution in [1.82, 2.24) is 4.98 Å². The Bertz CT molecular complexity index is 603. The normalized spacial score (nSPS) is 11.8. The molecule has 2 rings (SSSR count). The molecule has 0 bridgehead atoms. The van der Waals surface area contributed by atoms with Gasteiger partial charge in [0, 0.05) is 10.0 Å². The number of nitriles is 1. The maximum atomic E-state index is 9.28. The number of pyridine rings is 1. The molecule has 1 atom stereocenters. The number of hydrogen-bond acceptors (Lipinski definition) is 3. The van der Waals surface area contributed by atoms with Gasteiger partial charge in [-0.3, -0.25) is 4.98 Å². The Kier molecular flexibility index (Phi) is 3.71. The third-order valence-electron chi connectivity index (χ3n) is 2.51. The summed E-state index contributed by atoms with van der Waals surface area (Å²) in [6, 6.07) is 10.6. The second kappa shape index (κ2) is 5.26. The first-order chi connectivity index (χ1) is 8.61. The van der Waals surface area contributed by atoms with E-state index in [-0.39, 0.29) is 0 Å². The lowest BCUT2D eigenvalue weighted by molar-refractivity contribution is 0.967. The van der Waals surface area contributed by atoms with Gasteiger partial charge in [-0.2, -0.15) is 5.26 Å². The fourth-order valence-corrected chi connectivity index (χ4v) is 2.14. The van der Waals surface area contributed by atoms with Crippen LogP contribution >= 0.6 is 23.2 Å². The van der Waals surface area contributed by atoms with Gasteiger partial charge in [-0.25, -0.2) is 0 Å². The highest BCUT2D eigenvalue weighted by Crippen LogP contribution is 2.30. The second-order valence-corrected chi connectivity index (χ2v) is 4.59. The second-order valence-electron chi connectivity index (χ2n) is 3.74. The first-order valence-electron chi connectivity index (χ1n) is 5.18. The van der Waals surface area contributed by atoms with Gasteiger partial charge < -0.3 is 5.73 Å². The summed E-state index contributed by atoms with van der Waals surface area (Å²) in [6.07, 6.45) is 1.52. The Hall–Kier alpha value is -1.76. The highest BCUT2D eigenvalue weighted by molar-refractivity contribution is 6.35. The number of nitrogen functional groups attached to an aromatic ring is 1. The SMILES string of the molecule is N#CC(c1ccc(N)cn1)c1ccc(Cl)cc1Cl. The Balaban J connectivity index is 2.46. The van der Waals surface area contributed by atoms with Crippen molar-refractivity contribution < 1.29 is 0 Å². The van der Waals surface area contributed by atoms with Crippen molar-refractivity contribution in [2.75, 3.05) is 5.73 Å². The van der Waals surface area contributed by atoms with Crippen LogP contribution in [0.3, 0.4) is 0 Å². The molecule has 3 nitrogen and oxygen atoms in total. The van der Waals surface area contributed by atoms with Gasteiger partial charge in [0.1, 0.15) is 5.92 Å². The van der Waals surface area contributed by atoms with Crippen molar-refractivity contribution in [3.8, 4) is 6.07 Å². The number of hydrogen-bond donors (Lipinski definition) is 1. The summed E-state index contributed by atoms with van der Waals surface area (Å²) in [4.78, 5) is 4.15. The lowest BCUT2D eigenvalue weighted by atomic mass is 9.96. The molecule has 0 radical (unpaired) electrons. The molecule has 0 spiro atoms. The summed E-state index contributed by atoms with van der Waals surface area (Å²) in [5.41, 5.74) is 7.41. The van der Waals surface area contributed by atoms with Crippen LogP contribution in [0.15, 0.2) is 36.5 Å². The average Bonchev–Trinajstić information content (AvgIpc) is 2.35. The minimum atomic E-state index is -0.532. The molecule has 1 aromatic heterocycles. The largest absolute Gasteiger partial charge is 0.397 e. The van der Waals surface area contributed by atoms with Crippen molar-refractivity contribution >= 4 is 28.9 Å². The molecule has 18 heavy (non-hydrogen) atoms. The van der Waals surface area contributed by atoms with Crippen LogP contribution in [0, 0.1) is 11.3 Å². The number of anilines is 1. The summed E-state index contributed by atoms with van der Waals surface area (Å²) in [5.74, 6) is -0.532. The van der Waals surface area contributed by atoms with Gasteiger partial charge in [0.05, 0.1) is 23.6 Å². The van der Waals surface area contributed by atoms with Crippen molar-refractivity contribution in [3.05, 3.63) is 57.8 Å². The third kappa shape index (κ3) is 2.56. The average molecular weight is 278 g/mol. The number of nitrogens with two attached hydrogens (primary N) is 1. The summed E-state index contributed by atoms with van der Waals surface area (Å²) in [6.45, 7) is 0. The molecule has 0 saturated carbocycles. The van der Waals surface area contributed by atoms with Crippen molar-refractivity contribution in [3.63, 3.8) is 0 Å². The number of benzene rings is 1. The van der Waals surface area contributed by atoms with Crippen LogP contribution in [0.4, 0.5) is 5.69 Å². The van der Waals surface area contributed by atoms with Gasteiger partial charge in [0.25, 0.3) is 0 Å². The van der Waals surface area contributed by atoms with Crippen LogP contribution in [0.1, 0.15) is 17.2 Å². The molecule has 0 aliphatic carbocycles. The first kappa shape index (κ1) is 12.7. The maximum absolute atomic E-state index is 9.28. The predicted molar refractivity (Wildman–Crippen MR) is 72.6 cm³/mol. The van der Waals surface area contributed by atoms with Gasteiger partial charge in [-0.1, -0.05) is 29.3 Å². The molecule has 90 valence electrons. The van der Waals surface area contributed by atoms with Crippen LogP contribution in [-0.2, 0) is 0 Å². The lowest BCUT2D eigenvalue weighted by Crippen LogP contribution is -2.02. The van der Waals surface area contributed by atoms with E-state index >= 15 is 0 Å². The van der Waals surface area contributed by atoms with Gasteiger partial charge in [-0.05, 0) is 29.8 Å². The summed E-state index contributed by atoms with van der Waals surface area (Å²) in [7, 11) is 0. The van der Waals surface area contributed by atoms with E-state index in [1.54, 1.807) is 30.3 Å². The molecule has 2 aromatic rings. The molecule has 0 aliphatic rings. The van der Waals surface area contributed by atoms with Crippen molar-refractivity contribution in [1.29, 1.82) is 5.26 Å². The molecule has 1 heterocycles. The quantitative estimate of drug-likeness (QED) is 0.912. The smallest absolute Gasteiger partial charge is 0.115 e. The topological polar surface area (TPSA) is 62.7 Å². The molecule has 0 saturated heterocycles. The monoisotopic (exact) mass is 277 g/mol. The Morgan fingerprint density at radius 1 is 1.22 bits per heavy atom. The molecular weight excluding hydrogens is 269 g/mol. The first-order valence-corrected chi connectivity index (χ1v) is 5.93. The molecular formula is C13H9Cl2N3. The molecule has 1 aromatic carbocycles. The van der Waals surface area contributed by atoms with E-state index in [4.69, 9.17) is 28.9 Å². The van der Waals surface area contributed by atoms with Crippen molar-refractivity contribution in [2.24, 2.45) is 0 Å². The summed E-state index contributed by atoms with van der Waals surface area (Å²) in [5, 5.41) is 10.3. The summed E-state index contributed by atoms with van der Waals surface area (Å²) >= 11 is 11.9. The number of halogens is 2. The standard InChI is InChI=1S/C13H9Cl2N3/c14-8-1-3-10(12(15)5-8)11(6-16)13-4-2-9(17)7-18-13/h1-5,7,11H,17H2. The van der Waals surface area contributed by atoms with E-state index in [1.165, 1.54) is 6.20 Å². The van der Waals surface area contributed by atoms with Gasteiger partial charge >= 0.3 is 0 Å². The zero-order chi connectivity index (χ0) is 13.1. The minimum absolute atomic E-state index is 0.452. The van der Waals surface area contributed by atoms with Crippen LogP contribution in [0.25, 0.3) is 0 Å². The Labute approximate surface area is 115 Å². The van der Waals surface area contributed by atoms with E-state index in [2.05, 4.69) is 11.1 Å². The van der Waals surface area contributed by atoms with E-state index in [1.807, 2.05) is 0 Å². The highest BCUT2D eigenvalue weighted by atomic mass is 35.5. The molecule has 1 unspecified atom stereocenters. The predicted octanol–water partition coefficient (Wildman–Crippen LogP) is 3.63. The van der Waals surface area contributed by atoms with E-state index in [9.17, 15) is 5.26 Å². The number of aromatic nitrogens is 1. The van der Waals surface area contributed by atoms with E-state index in [0.29, 0.717) is 27.0 Å². The zero-order valence-corrected chi connectivity index (χ0v) is 10.8. The molecule has 2 N–H and O–H groups in total. The van der Waals surface area contributed by atoms with Gasteiger partial charge in [0.15, 0.2) is 0 Å². The highest BCUT2D eigenvalue weighted by Gasteiger charge is 2.17. The fourth-order valence-electron chi connectivity index (χ4n) is 1.62. The van der Waals surface area contributed by atoms with Crippen LogP contribution < -0.4 is 5.73 Å². The van der Waals surface area contributed by atoms with E-state index in [0.717, 1.165) is 0 Å². The Morgan fingerprint density at radius 2 is 2.00 bits per heavy atom. The number of nitrogens with zero attached hydrogens (tertiary/aromatic N) is 2.